The number of H-pyrrole nitrogens is 1. The molecule has 0 aliphatic carbocycles. The van der Waals surface area contributed by atoms with Crippen molar-refractivity contribution in [3.05, 3.63) is 62.8 Å². The molecule has 1 unspecified atom stereocenters. The van der Waals surface area contributed by atoms with E-state index < -0.39 is 64.2 Å². The van der Waals surface area contributed by atoms with Gasteiger partial charge in [0.05, 0.1) is 26.2 Å². The molecule has 7 nitrogen and oxygen atoms in total. The van der Waals surface area contributed by atoms with Crippen molar-refractivity contribution < 1.29 is 37.3 Å². The number of aromatic nitrogens is 1. The Labute approximate surface area is 150 Å². The van der Waals surface area contributed by atoms with Crippen LogP contribution in [0, 0.1) is 17.5 Å². The Hall–Kier alpha value is -3.30. The van der Waals surface area contributed by atoms with Crippen molar-refractivity contribution in [2.75, 3.05) is 14.2 Å². The molecule has 144 valence electrons. The summed E-state index contributed by atoms with van der Waals surface area (Å²) in [4.78, 5) is 37.9. The summed E-state index contributed by atoms with van der Waals surface area (Å²) in [5, 5.41) is 10.3. The highest BCUT2D eigenvalue weighted by molar-refractivity contribution is 5.92. The second-order valence-corrected chi connectivity index (χ2v) is 5.42. The molecule has 0 fully saturated rings. The summed E-state index contributed by atoms with van der Waals surface area (Å²) in [5.41, 5.74) is -2.22. The van der Waals surface area contributed by atoms with Gasteiger partial charge in [-0.1, -0.05) is 0 Å². The van der Waals surface area contributed by atoms with Crippen molar-refractivity contribution >= 4 is 11.9 Å². The van der Waals surface area contributed by atoms with Crippen LogP contribution in [0.15, 0.2) is 23.1 Å². The molecule has 1 aromatic carbocycles. The van der Waals surface area contributed by atoms with Gasteiger partial charge in [0, 0.05) is 12.1 Å². The fraction of sp³-hybridized carbons (Fsp3) is 0.235. The molecule has 10 heteroatoms. The lowest BCUT2D eigenvalue weighted by Crippen LogP contribution is -2.22. The summed E-state index contributed by atoms with van der Waals surface area (Å²) in [5.74, 6) is -9.01. The van der Waals surface area contributed by atoms with Gasteiger partial charge < -0.3 is 19.6 Å². The van der Waals surface area contributed by atoms with E-state index in [4.69, 9.17) is 0 Å². The molecule has 2 rings (SSSR count). The molecule has 0 aliphatic rings. The van der Waals surface area contributed by atoms with Gasteiger partial charge >= 0.3 is 11.9 Å². The third-order valence-corrected chi connectivity index (χ3v) is 3.86. The number of methoxy groups -OCH3 is 2. The Kier molecular flexibility index (Phi) is 5.88. The molecule has 0 spiro atoms. The van der Waals surface area contributed by atoms with Crippen molar-refractivity contribution in [2.24, 2.45) is 0 Å². The molecule has 0 amide bonds. The first kappa shape index (κ1) is 20.0. The van der Waals surface area contributed by atoms with E-state index >= 15 is 0 Å². The van der Waals surface area contributed by atoms with Crippen LogP contribution in [0.2, 0.25) is 0 Å². The molecule has 0 bridgehead atoms. The highest BCUT2D eigenvalue weighted by Crippen LogP contribution is 2.34. The zero-order valence-corrected chi connectivity index (χ0v) is 14.1. The van der Waals surface area contributed by atoms with Crippen LogP contribution < -0.4 is 5.56 Å². The van der Waals surface area contributed by atoms with Gasteiger partial charge in [0.15, 0.2) is 17.5 Å². The zero-order chi connectivity index (χ0) is 20.3. The molecule has 0 saturated heterocycles. The minimum Gasteiger partial charge on any atom is -0.506 e. The number of aromatic amines is 1. The van der Waals surface area contributed by atoms with Crippen LogP contribution in [0.4, 0.5) is 13.2 Å². The maximum Gasteiger partial charge on any atom is 0.343 e. The Bertz CT molecular complexity index is 933. The number of esters is 2. The first-order valence-corrected chi connectivity index (χ1v) is 7.45. The van der Waals surface area contributed by atoms with Crippen molar-refractivity contribution in [3.8, 4) is 5.75 Å². The van der Waals surface area contributed by atoms with Gasteiger partial charge in [-0.2, -0.15) is 0 Å². The van der Waals surface area contributed by atoms with Crippen molar-refractivity contribution in [1.29, 1.82) is 0 Å². The van der Waals surface area contributed by atoms with Gasteiger partial charge in [-0.25, -0.2) is 18.0 Å². The zero-order valence-electron chi connectivity index (χ0n) is 14.1. The average Bonchev–Trinajstić information content (AvgIpc) is 2.64. The van der Waals surface area contributed by atoms with Gasteiger partial charge in [-0.05, 0) is 17.7 Å². The summed E-state index contributed by atoms with van der Waals surface area (Å²) in [7, 11) is 2.07. The Morgan fingerprint density at radius 2 is 1.74 bits per heavy atom. The number of carbonyl (C=O) groups is 2. The van der Waals surface area contributed by atoms with E-state index in [-0.39, 0.29) is 5.56 Å². The number of aromatic hydroxyl groups is 1. The monoisotopic (exact) mass is 385 g/mol. The smallest absolute Gasteiger partial charge is 0.343 e. The van der Waals surface area contributed by atoms with Gasteiger partial charge in [0.1, 0.15) is 11.3 Å². The second kappa shape index (κ2) is 7.94. The second-order valence-electron chi connectivity index (χ2n) is 5.42. The predicted molar refractivity (Wildman–Crippen MR) is 84.9 cm³/mol. The molecule has 2 N–H and O–H groups in total. The lowest BCUT2D eigenvalue weighted by Gasteiger charge is -2.18. The summed E-state index contributed by atoms with van der Waals surface area (Å²) in [6.45, 7) is 0. The summed E-state index contributed by atoms with van der Waals surface area (Å²) in [6.07, 6.45) is 0.260. The van der Waals surface area contributed by atoms with Crippen LogP contribution in [0.1, 0.15) is 33.8 Å². The fourth-order valence-corrected chi connectivity index (χ4v) is 2.54. The quantitative estimate of drug-likeness (QED) is 0.602. The largest absolute Gasteiger partial charge is 0.506 e. The number of hydrogen-bond acceptors (Lipinski definition) is 6. The molecule has 1 heterocycles. The minimum absolute atomic E-state index is 0.320. The van der Waals surface area contributed by atoms with E-state index in [2.05, 4.69) is 14.5 Å². The Morgan fingerprint density at radius 3 is 2.26 bits per heavy atom. The maximum absolute atomic E-state index is 13.6. The third kappa shape index (κ3) is 3.94. The van der Waals surface area contributed by atoms with E-state index in [1.807, 2.05) is 0 Å². The number of nitrogens with one attached hydrogen (secondary N) is 1. The van der Waals surface area contributed by atoms with Crippen LogP contribution in [0.25, 0.3) is 0 Å². The minimum atomic E-state index is -1.74. The summed E-state index contributed by atoms with van der Waals surface area (Å²) in [6, 6.07) is 1.16. The van der Waals surface area contributed by atoms with Crippen molar-refractivity contribution in [2.45, 2.75) is 12.3 Å². The van der Waals surface area contributed by atoms with Crippen LogP contribution in [-0.2, 0) is 14.3 Å². The highest BCUT2D eigenvalue weighted by Gasteiger charge is 2.29. The number of halogens is 3. The molecular formula is C17H14F3NO6. The number of hydrogen-bond donors (Lipinski definition) is 2. The van der Waals surface area contributed by atoms with Crippen LogP contribution in [0.3, 0.4) is 0 Å². The number of pyridine rings is 1. The summed E-state index contributed by atoms with van der Waals surface area (Å²) < 4.78 is 49.5. The predicted octanol–water partition coefficient (Wildman–Crippen LogP) is 1.98. The van der Waals surface area contributed by atoms with Crippen LogP contribution >= 0.6 is 0 Å². The van der Waals surface area contributed by atoms with E-state index in [0.717, 1.165) is 20.4 Å². The maximum atomic E-state index is 13.6. The first-order valence-electron chi connectivity index (χ1n) is 7.45. The molecule has 0 saturated carbocycles. The standard InChI is InChI=1S/C17H14F3NO6/c1-26-12(22)5-8(7-3-10(18)14(20)11(19)4-7)13-15(23)9(17(25)27-2)6-21-16(13)24/h3-4,6,8H,5H2,1-2H3,(H2,21,23,24). The summed E-state index contributed by atoms with van der Waals surface area (Å²) >= 11 is 0. The van der Waals surface area contributed by atoms with Gasteiger partial charge in [0.25, 0.3) is 5.56 Å². The number of rotatable bonds is 5. The highest BCUT2D eigenvalue weighted by atomic mass is 19.2. The molecule has 1 atom stereocenters. The Balaban J connectivity index is 2.74. The molecule has 1 aromatic heterocycles. The number of benzene rings is 1. The lowest BCUT2D eigenvalue weighted by atomic mass is 9.87. The molecule has 2 aromatic rings. The Morgan fingerprint density at radius 1 is 1.15 bits per heavy atom. The SMILES string of the molecule is COC(=O)CC(c1cc(F)c(F)c(F)c1)c1c(O)c(C(=O)OC)c[nH]c1=O. The third-order valence-electron chi connectivity index (χ3n) is 3.86. The molecule has 0 radical (unpaired) electrons. The van der Waals surface area contributed by atoms with Crippen molar-refractivity contribution in [3.63, 3.8) is 0 Å². The molecule has 27 heavy (non-hydrogen) atoms. The van der Waals surface area contributed by atoms with Crippen molar-refractivity contribution in [1.82, 2.24) is 4.98 Å². The topological polar surface area (TPSA) is 106 Å². The van der Waals surface area contributed by atoms with Gasteiger partial charge in [-0.3, -0.25) is 9.59 Å². The lowest BCUT2D eigenvalue weighted by molar-refractivity contribution is -0.140. The number of ether oxygens (including phenoxy) is 2. The van der Waals surface area contributed by atoms with Gasteiger partial charge in [-0.15, -0.1) is 0 Å². The molecular weight excluding hydrogens is 371 g/mol. The van der Waals surface area contributed by atoms with Crippen LogP contribution in [-0.4, -0.2) is 36.2 Å². The van der Waals surface area contributed by atoms with E-state index in [1.54, 1.807) is 0 Å². The normalized spacial score (nSPS) is 11.7. The van der Waals surface area contributed by atoms with Gasteiger partial charge in [0.2, 0.25) is 0 Å². The van der Waals surface area contributed by atoms with E-state index in [1.165, 1.54) is 0 Å². The first-order chi connectivity index (χ1) is 12.7. The fourth-order valence-electron chi connectivity index (χ4n) is 2.54. The number of carbonyl (C=O) groups excluding carboxylic acids is 2. The van der Waals surface area contributed by atoms with E-state index in [9.17, 15) is 32.7 Å². The van der Waals surface area contributed by atoms with Crippen LogP contribution in [0.5, 0.6) is 5.75 Å². The van der Waals surface area contributed by atoms with E-state index in [0.29, 0.717) is 12.1 Å². The average molecular weight is 385 g/mol. The molecule has 0 aliphatic heterocycles.